The molecule has 1 unspecified atom stereocenters. The summed E-state index contributed by atoms with van der Waals surface area (Å²) in [7, 11) is 0. The molecule has 0 aliphatic heterocycles. The van der Waals surface area contributed by atoms with E-state index in [1.165, 1.54) is 0 Å². The largest absolute Gasteiger partial charge is 0.465 e. The van der Waals surface area contributed by atoms with Crippen molar-refractivity contribution in [2.24, 2.45) is 0 Å². The lowest BCUT2D eigenvalue weighted by Crippen LogP contribution is -2.34. The third-order valence-corrected chi connectivity index (χ3v) is 5.43. The molecule has 0 fully saturated rings. The first kappa shape index (κ1) is 21.0. The number of rotatable bonds is 6. The summed E-state index contributed by atoms with van der Waals surface area (Å²) in [5, 5.41) is 5.86. The van der Waals surface area contributed by atoms with Crippen LogP contribution in [0, 0.1) is 13.8 Å². The minimum absolute atomic E-state index is 0.121. The minimum atomic E-state index is -0.192. The van der Waals surface area contributed by atoms with Gasteiger partial charge in [0.05, 0.1) is 16.1 Å². The number of carbonyl (C=O) groups is 2. The number of halogens is 1. The van der Waals surface area contributed by atoms with Crippen LogP contribution in [0.1, 0.15) is 54.3 Å². The molecule has 27 heavy (non-hydrogen) atoms. The van der Waals surface area contributed by atoms with Crippen LogP contribution in [0.4, 0.5) is 10.5 Å². The number of urea groups is 1. The number of carbonyl (C=O) groups excluding carboxylic acids is 2. The summed E-state index contributed by atoms with van der Waals surface area (Å²) in [6.07, 6.45) is 0. The van der Waals surface area contributed by atoms with E-state index in [-0.39, 0.29) is 18.0 Å². The molecule has 2 aromatic rings. The van der Waals surface area contributed by atoms with E-state index in [0.29, 0.717) is 34.6 Å². The van der Waals surface area contributed by atoms with Crippen LogP contribution in [-0.2, 0) is 0 Å². The van der Waals surface area contributed by atoms with Gasteiger partial charge in [-0.1, -0.05) is 12.1 Å². The highest BCUT2D eigenvalue weighted by Crippen LogP contribution is 2.28. The van der Waals surface area contributed by atoms with E-state index < -0.39 is 0 Å². The maximum atomic E-state index is 12.6. The lowest BCUT2D eigenvalue weighted by atomic mass is 10.1. The number of furan rings is 1. The Bertz CT molecular complexity index is 811. The predicted octanol–water partition coefficient (Wildman–Crippen LogP) is 5.02. The van der Waals surface area contributed by atoms with Crippen molar-refractivity contribution in [3.63, 3.8) is 0 Å². The molecule has 0 spiro atoms. The summed E-state index contributed by atoms with van der Waals surface area (Å²) in [6, 6.07) is 7.15. The summed E-state index contributed by atoms with van der Waals surface area (Å²) in [4.78, 5) is 26.4. The van der Waals surface area contributed by atoms with E-state index in [9.17, 15) is 9.59 Å². The fourth-order valence-corrected chi connectivity index (χ4v) is 3.38. The summed E-state index contributed by atoms with van der Waals surface area (Å²) in [5.74, 6) is 1.07. The normalized spacial score (nSPS) is 11.8. The zero-order valence-corrected chi connectivity index (χ0v) is 17.9. The van der Waals surface area contributed by atoms with Crippen molar-refractivity contribution in [3.8, 4) is 0 Å². The Balaban J connectivity index is 2.04. The van der Waals surface area contributed by atoms with E-state index in [1.807, 2.05) is 52.0 Å². The van der Waals surface area contributed by atoms with Crippen molar-refractivity contribution in [2.45, 2.75) is 40.7 Å². The number of hydrogen-bond acceptors (Lipinski definition) is 3. The Hall–Kier alpha value is -2.28. The van der Waals surface area contributed by atoms with Crippen LogP contribution in [0.5, 0.6) is 0 Å². The molecular formula is C20H26BrN3O3. The second-order valence-electron chi connectivity index (χ2n) is 6.32. The highest BCUT2D eigenvalue weighted by molar-refractivity contribution is 9.10. The molecule has 146 valence electrons. The van der Waals surface area contributed by atoms with Crippen LogP contribution in [0.15, 0.2) is 33.2 Å². The van der Waals surface area contributed by atoms with Gasteiger partial charge in [0.2, 0.25) is 0 Å². The monoisotopic (exact) mass is 435 g/mol. The molecular weight excluding hydrogens is 410 g/mol. The van der Waals surface area contributed by atoms with Gasteiger partial charge in [-0.3, -0.25) is 4.79 Å². The number of hydrogen-bond donors (Lipinski definition) is 2. The average Bonchev–Trinajstić information content (AvgIpc) is 2.88. The third kappa shape index (κ3) is 4.91. The highest BCUT2D eigenvalue weighted by Gasteiger charge is 2.21. The Morgan fingerprint density at radius 1 is 1.11 bits per heavy atom. The molecule has 2 rings (SSSR count). The topological polar surface area (TPSA) is 74.6 Å². The first-order valence-corrected chi connectivity index (χ1v) is 9.79. The van der Waals surface area contributed by atoms with Crippen LogP contribution in [-0.4, -0.2) is 29.9 Å². The molecule has 2 N–H and O–H groups in total. The predicted molar refractivity (Wildman–Crippen MR) is 110 cm³/mol. The van der Waals surface area contributed by atoms with E-state index in [2.05, 4.69) is 26.6 Å². The molecule has 1 aromatic heterocycles. The molecule has 0 bridgehead atoms. The van der Waals surface area contributed by atoms with Crippen LogP contribution in [0.2, 0.25) is 0 Å². The van der Waals surface area contributed by atoms with Crippen molar-refractivity contribution in [3.05, 3.63) is 51.4 Å². The summed E-state index contributed by atoms with van der Waals surface area (Å²) in [5.41, 5.74) is 2.18. The number of anilines is 1. The molecule has 0 saturated carbocycles. The van der Waals surface area contributed by atoms with E-state index >= 15 is 0 Å². The molecule has 7 heteroatoms. The summed E-state index contributed by atoms with van der Waals surface area (Å²) in [6.45, 7) is 10.7. The van der Waals surface area contributed by atoms with Gasteiger partial charge in [0.25, 0.3) is 5.91 Å². The van der Waals surface area contributed by atoms with E-state index in [4.69, 9.17) is 4.42 Å². The Morgan fingerprint density at radius 2 is 1.70 bits per heavy atom. The zero-order valence-electron chi connectivity index (χ0n) is 16.4. The van der Waals surface area contributed by atoms with Gasteiger partial charge in [-0.25, -0.2) is 4.79 Å². The third-order valence-electron chi connectivity index (χ3n) is 4.47. The van der Waals surface area contributed by atoms with Gasteiger partial charge in [0, 0.05) is 18.8 Å². The minimum Gasteiger partial charge on any atom is -0.465 e. The lowest BCUT2D eigenvalue weighted by molar-refractivity contribution is 0.0937. The fraction of sp³-hybridized carbons (Fsp3) is 0.400. The quantitative estimate of drug-likeness (QED) is 0.668. The van der Waals surface area contributed by atoms with Crippen LogP contribution >= 0.6 is 15.9 Å². The zero-order chi connectivity index (χ0) is 20.1. The van der Waals surface area contributed by atoms with Crippen molar-refractivity contribution >= 4 is 33.6 Å². The smallest absolute Gasteiger partial charge is 0.321 e. The second kappa shape index (κ2) is 9.08. The Labute approximate surface area is 168 Å². The molecule has 6 nitrogen and oxygen atoms in total. The molecule has 1 aromatic carbocycles. The van der Waals surface area contributed by atoms with E-state index in [1.54, 1.807) is 11.8 Å². The van der Waals surface area contributed by atoms with Crippen molar-refractivity contribution in [1.29, 1.82) is 0 Å². The standard InChI is InChI=1S/C20H26BrN3O3/c1-6-24(7-2)20(26)23-16-10-8-15(9-11-16)12(3)22-19(25)17-13(4)27-14(5)18(17)21/h8-12H,6-7H2,1-5H3,(H,22,25)(H,23,26). The fourth-order valence-electron chi connectivity index (χ4n) is 2.84. The average molecular weight is 436 g/mol. The van der Waals surface area contributed by atoms with Gasteiger partial charge in [0.1, 0.15) is 11.5 Å². The molecule has 0 radical (unpaired) electrons. The van der Waals surface area contributed by atoms with Crippen molar-refractivity contribution < 1.29 is 14.0 Å². The van der Waals surface area contributed by atoms with Crippen LogP contribution < -0.4 is 10.6 Å². The second-order valence-corrected chi connectivity index (χ2v) is 7.12. The Kier molecular flexibility index (Phi) is 7.07. The Morgan fingerprint density at radius 3 is 2.19 bits per heavy atom. The maximum absolute atomic E-state index is 12.6. The number of benzene rings is 1. The van der Waals surface area contributed by atoms with Crippen molar-refractivity contribution in [2.75, 3.05) is 18.4 Å². The number of amides is 3. The van der Waals surface area contributed by atoms with Gasteiger partial charge < -0.3 is 20.0 Å². The highest BCUT2D eigenvalue weighted by atomic mass is 79.9. The SMILES string of the molecule is CCN(CC)C(=O)Nc1ccc(C(C)NC(=O)c2c(C)oc(C)c2Br)cc1. The summed E-state index contributed by atoms with van der Waals surface area (Å²) >= 11 is 3.40. The number of aryl methyl sites for hydroxylation is 2. The van der Waals surface area contributed by atoms with Gasteiger partial charge in [-0.05, 0) is 68.2 Å². The van der Waals surface area contributed by atoms with Crippen LogP contribution in [0.25, 0.3) is 0 Å². The summed E-state index contributed by atoms with van der Waals surface area (Å²) < 4.78 is 6.17. The molecule has 1 atom stereocenters. The first-order chi connectivity index (χ1) is 12.8. The lowest BCUT2D eigenvalue weighted by Gasteiger charge is -2.19. The van der Waals surface area contributed by atoms with Gasteiger partial charge in [0.15, 0.2) is 0 Å². The number of nitrogens with zero attached hydrogens (tertiary/aromatic N) is 1. The maximum Gasteiger partial charge on any atom is 0.321 e. The van der Waals surface area contributed by atoms with Gasteiger partial charge in [-0.15, -0.1) is 0 Å². The number of nitrogens with one attached hydrogen (secondary N) is 2. The first-order valence-electron chi connectivity index (χ1n) is 9.00. The van der Waals surface area contributed by atoms with Crippen LogP contribution in [0.3, 0.4) is 0 Å². The molecule has 0 aliphatic rings. The molecule has 0 saturated heterocycles. The molecule has 0 aliphatic carbocycles. The molecule has 1 heterocycles. The molecule has 3 amide bonds. The van der Waals surface area contributed by atoms with Gasteiger partial charge in [-0.2, -0.15) is 0 Å². The van der Waals surface area contributed by atoms with Crippen molar-refractivity contribution in [1.82, 2.24) is 10.2 Å². The van der Waals surface area contributed by atoms with Gasteiger partial charge >= 0.3 is 6.03 Å². The van der Waals surface area contributed by atoms with E-state index in [0.717, 1.165) is 11.3 Å².